The molecule has 0 unspecified atom stereocenters. The van der Waals surface area contributed by atoms with Crippen molar-refractivity contribution in [3.63, 3.8) is 0 Å². The second-order valence-corrected chi connectivity index (χ2v) is 4.81. The lowest BCUT2D eigenvalue weighted by Gasteiger charge is -2.12. The first-order valence-corrected chi connectivity index (χ1v) is 7.09. The summed E-state index contributed by atoms with van der Waals surface area (Å²) < 4.78 is 21.7. The van der Waals surface area contributed by atoms with Gasteiger partial charge in [0.25, 0.3) is 0 Å². The van der Waals surface area contributed by atoms with E-state index in [-0.39, 0.29) is 0 Å². The summed E-state index contributed by atoms with van der Waals surface area (Å²) in [5, 5.41) is 0. The van der Waals surface area contributed by atoms with Crippen molar-refractivity contribution in [2.24, 2.45) is 0 Å². The van der Waals surface area contributed by atoms with Crippen molar-refractivity contribution in [2.75, 3.05) is 21.3 Å². The number of methoxy groups -OCH3 is 3. The van der Waals surface area contributed by atoms with Crippen LogP contribution in [0, 0.1) is 0 Å². The third-order valence-electron chi connectivity index (χ3n) is 3.42. The molecule has 0 radical (unpaired) electrons. The number of oxazole rings is 1. The molecule has 1 heterocycles. The number of fused-ring (bicyclic) bond motifs is 1. The number of para-hydroxylation sites is 2. The molecule has 0 aliphatic heterocycles. The topological polar surface area (TPSA) is 53.7 Å². The molecule has 23 heavy (non-hydrogen) atoms. The highest BCUT2D eigenvalue weighted by molar-refractivity contribution is 5.76. The second kappa shape index (κ2) is 6.44. The molecule has 0 saturated heterocycles. The minimum absolute atomic E-state index is 0.542. The fourth-order valence-corrected chi connectivity index (χ4v) is 2.33. The molecule has 0 aliphatic carbocycles. The quantitative estimate of drug-likeness (QED) is 0.712. The van der Waals surface area contributed by atoms with Gasteiger partial charge in [-0.25, -0.2) is 4.98 Å². The molecule has 5 nitrogen and oxygen atoms in total. The Morgan fingerprint density at radius 2 is 1.61 bits per heavy atom. The molecule has 0 bridgehead atoms. The maximum Gasteiger partial charge on any atom is 0.220 e. The first-order valence-electron chi connectivity index (χ1n) is 7.09. The van der Waals surface area contributed by atoms with Gasteiger partial charge in [0.05, 0.1) is 21.3 Å². The van der Waals surface area contributed by atoms with E-state index >= 15 is 0 Å². The van der Waals surface area contributed by atoms with Crippen LogP contribution in [-0.4, -0.2) is 26.3 Å². The van der Waals surface area contributed by atoms with E-state index in [0.29, 0.717) is 23.1 Å². The fourth-order valence-electron chi connectivity index (χ4n) is 2.33. The minimum atomic E-state index is 0.542. The van der Waals surface area contributed by atoms with Gasteiger partial charge in [0.15, 0.2) is 17.1 Å². The van der Waals surface area contributed by atoms with Crippen LogP contribution in [0.5, 0.6) is 17.2 Å². The van der Waals surface area contributed by atoms with Gasteiger partial charge >= 0.3 is 0 Å². The van der Waals surface area contributed by atoms with Gasteiger partial charge in [-0.05, 0) is 35.9 Å². The van der Waals surface area contributed by atoms with Crippen molar-refractivity contribution in [3.8, 4) is 17.2 Å². The summed E-state index contributed by atoms with van der Waals surface area (Å²) in [5.41, 5.74) is 2.48. The van der Waals surface area contributed by atoms with Crippen molar-refractivity contribution in [1.82, 2.24) is 4.98 Å². The number of ether oxygens (including phenoxy) is 3. The highest BCUT2D eigenvalue weighted by Gasteiger charge is 2.12. The Labute approximate surface area is 134 Å². The van der Waals surface area contributed by atoms with Gasteiger partial charge in [-0.15, -0.1) is 0 Å². The molecule has 1 aromatic heterocycles. The van der Waals surface area contributed by atoms with Crippen LogP contribution in [0.1, 0.15) is 11.5 Å². The molecule has 0 amide bonds. The fraction of sp³-hybridized carbons (Fsp3) is 0.167. The van der Waals surface area contributed by atoms with Crippen LogP contribution in [0.2, 0.25) is 0 Å². The third kappa shape index (κ3) is 2.99. The highest BCUT2D eigenvalue weighted by atomic mass is 16.5. The van der Waals surface area contributed by atoms with Crippen LogP contribution in [0.25, 0.3) is 23.3 Å². The average Bonchev–Trinajstić information content (AvgIpc) is 3.01. The Balaban J connectivity index is 1.95. The van der Waals surface area contributed by atoms with Crippen molar-refractivity contribution in [2.45, 2.75) is 0 Å². The SMILES string of the molecule is COc1cc(/C=C\c2nc3ccccc3o2)cc(OC)c1OC. The zero-order valence-electron chi connectivity index (χ0n) is 13.2. The Bertz CT molecular complexity index is 793. The molecule has 0 aliphatic rings. The van der Waals surface area contributed by atoms with Gasteiger partial charge in [-0.3, -0.25) is 0 Å². The van der Waals surface area contributed by atoms with Crippen molar-refractivity contribution in [3.05, 3.63) is 47.9 Å². The first kappa shape index (κ1) is 15.0. The van der Waals surface area contributed by atoms with E-state index in [0.717, 1.165) is 16.7 Å². The largest absolute Gasteiger partial charge is 0.493 e. The smallest absolute Gasteiger partial charge is 0.220 e. The zero-order chi connectivity index (χ0) is 16.2. The molecule has 0 spiro atoms. The molecule has 3 aromatic rings. The number of aromatic nitrogens is 1. The molecular weight excluding hydrogens is 294 g/mol. The molecule has 118 valence electrons. The summed E-state index contributed by atoms with van der Waals surface area (Å²) in [5.74, 6) is 2.31. The Hall–Kier alpha value is -2.95. The number of benzene rings is 2. The van der Waals surface area contributed by atoms with Crippen LogP contribution in [0.3, 0.4) is 0 Å². The van der Waals surface area contributed by atoms with Gasteiger partial charge in [-0.1, -0.05) is 12.1 Å². The first-order chi connectivity index (χ1) is 11.2. The lowest BCUT2D eigenvalue weighted by molar-refractivity contribution is 0.324. The molecule has 3 rings (SSSR count). The van der Waals surface area contributed by atoms with E-state index in [1.54, 1.807) is 27.4 Å². The number of hydrogen-bond donors (Lipinski definition) is 0. The predicted octanol–water partition coefficient (Wildman–Crippen LogP) is 4.02. The Morgan fingerprint density at radius 1 is 0.913 bits per heavy atom. The van der Waals surface area contributed by atoms with E-state index in [9.17, 15) is 0 Å². The molecule has 5 heteroatoms. The number of hydrogen-bond acceptors (Lipinski definition) is 5. The number of rotatable bonds is 5. The van der Waals surface area contributed by atoms with Crippen molar-refractivity contribution in [1.29, 1.82) is 0 Å². The zero-order valence-corrected chi connectivity index (χ0v) is 13.2. The standard InChI is InChI=1S/C18H17NO4/c1-20-15-10-12(11-16(21-2)18(15)22-3)8-9-17-19-13-6-4-5-7-14(13)23-17/h4-11H,1-3H3/b9-8-. The maximum absolute atomic E-state index is 5.66. The van der Waals surface area contributed by atoms with Crippen molar-refractivity contribution < 1.29 is 18.6 Å². The van der Waals surface area contributed by atoms with E-state index in [4.69, 9.17) is 18.6 Å². The Kier molecular flexibility index (Phi) is 4.19. The summed E-state index contributed by atoms with van der Waals surface area (Å²) in [4.78, 5) is 4.41. The number of nitrogens with zero attached hydrogens (tertiary/aromatic N) is 1. The monoisotopic (exact) mass is 311 g/mol. The van der Waals surface area contributed by atoms with Gasteiger partial charge in [0, 0.05) is 6.08 Å². The minimum Gasteiger partial charge on any atom is -0.493 e. The van der Waals surface area contributed by atoms with Crippen molar-refractivity contribution >= 4 is 23.3 Å². The highest BCUT2D eigenvalue weighted by Crippen LogP contribution is 2.38. The average molecular weight is 311 g/mol. The van der Waals surface area contributed by atoms with E-state index in [2.05, 4.69) is 4.98 Å². The summed E-state index contributed by atoms with van der Waals surface area (Å²) in [7, 11) is 4.76. The van der Waals surface area contributed by atoms with Crippen LogP contribution >= 0.6 is 0 Å². The summed E-state index contributed by atoms with van der Waals surface area (Å²) >= 11 is 0. The maximum atomic E-state index is 5.66. The van der Waals surface area contributed by atoms with Crippen LogP contribution in [-0.2, 0) is 0 Å². The second-order valence-electron chi connectivity index (χ2n) is 4.81. The van der Waals surface area contributed by atoms with Gasteiger partial charge < -0.3 is 18.6 Å². The normalized spacial score (nSPS) is 11.1. The molecule has 0 N–H and O–H groups in total. The van der Waals surface area contributed by atoms with Gasteiger partial charge in [0.2, 0.25) is 11.6 Å². The van der Waals surface area contributed by atoms with Gasteiger partial charge in [-0.2, -0.15) is 0 Å². The predicted molar refractivity (Wildman–Crippen MR) is 89.0 cm³/mol. The van der Waals surface area contributed by atoms with E-state index in [1.165, 1.54) is 0 Å². The lowest BCUT2D eigenvalue weighted by atomic mass is 10.1. The van der Waals surface area contributed by atoms with Gasteiger partial charge in [0.1, 0.15) is 5.52 Å². The molecule has 0 fully saturated rings. The lowest BCUT2D eigenvalue weighted by Crippen LogP contribution is -1.95. The third-order valence-corrected chi connectivity index (χ3v) is 3.42. The van der Waals surface area contributed by atoms with E-state index in [1.807, 2.05) is 42.5 Å². The van der Waals surface area contributed by atoms with Crippen LogP contribution < -0.4 is 14.2 Å². The summed E-state index contributed by atoms with van der Waals surface area (Å²) in [6.07, 6.45) is 3.69. The van der Waals surface area contributed by atoms with E-state index < -0.39 is 0 Å². The molecule has 0 atom stereocenters. The Morgan fingerprint density at radius 3 is 2.22 bits per heavy atom. The molecule has 0 saturated carbocycles. The summed E-state index contributed by atoms with van der Waals surface area (Å²) in [6, 6.07) is 11.4. The molecule has 2 aromatic carbocycles. The van der Waals surface area contributed by atoms with Crippen LogP contribution in [0.4, 0.5) is 0 Å². The summed E-state index contributed by atoms with van der Waals surface area (Å²) in [6.45, 7) is 0. The molecular formula is C18H17NO4. The van der Waals surface area contributed by atoms with Crippen LogP contribution in [0.15, 0.2) is 40.8 Å².